The van der Waals surface area contributed by atoms with Gasteiger partial charge >= 0.3 is 0 Å². The molecule has 0 rings (SSSR count). The Morgan fingerprint density at radius 1 is 1.33 bits per heavy atom. The van der Waals surface area contributed by atoms with Gasteiger partial charge in [-0.2, -0.15) is 0 Å². The van der Waals surface area contributed by atoms with Crippen molar-refractivity contribution >= 4 is 5.91 Å². The number of hydrogen-bond acceptors (Lipinski definition) is 5. The van der Waals surface area contributed by atoms with Crippen molar-refractivity contribution in [1.82, 2.24) is 0 Å². The average molecular weight is 179 g/mol. The van der Waals surface area contributed by atoms with Crippen LogP contribution in [-0.4, -0.2) is 51.3 Å². The molecule has 0 unspecified atom stereocenters. The lowest BCUT2D eigenvalue weighted by Crippen LogP contribution is -2.40. The highest BCUT2D eigenvalue weighted by molar-refractivity contribution is 5.79. The minimum Gasteiger partial charge on any atom is -0.394 e. The lowest BCUT2D eigenvalue weighted by molar-refractivity contribution is -0.133. The smallest absolute Gasteiger partial charge is 0.248 e. The second-order valence-electron chi connectivity index (χ2n) is 2.49. The first-order chi connectivity index (χ1) is 5.49. The third kappa shape index (κ3) is 3.63. The summed E-state index contributed by atoms with van der Waals surface area (Å²) in [5.74, 6) is -1.06. The van der Waals surface area contributed by atoms with Crippen LogP contribution in [0.5, 0.6) is 0 Å². The number of rotatable bonds is 5. The molecule has 0 aliphatic rings. The van der Waals surface area contributed by atoms with E-state index in [0.29, 0.717) is 0 Å². The largest absolute Gasteiger partial charge is 0.394 e. The third-order valence-electron chi connectivity index (χ3n) is 1.38. The minimum atomic E-state index is -1.70. The molecule has 0 aliphatic heterocycles. The van der Waals surface area contributed by atoms with Gasteiger partial charge in [0.15, 0.2) is 6.10 Å². The van der Waals surface area contributed by atoms with Crippen LogP contribution in [0.3, 0.4) is 0 Å². The number of primary amides is 1. The van der Waals surface area contributed by atoms with Crippen LogP contribution < -0.4 is 5.73 Å². The molecule has 0 saturated heterocycles. The number of aliphatic hydroxyl groups is 4. The summed E-state index contributed by atoms with van der Waals surface area (Å²) in [6.07, 6.45) is -4.59. The maximum Gasteiger partial charge on any atom is 0.248 e. The van der Waals surface area contributed by atoms with Crippen molar-refractivity contribution in [3.05, 3.63) is 0 Å². The molecular formula is C6H13NO5. The SMILES string of the molecule is NC(=O)[C@H](O)[C@@H](O)C[C@H](O)CO. The summed E-state index contributed by atoms with van der Waals surface area (Å²) in [5.41, 5.74) is 4.66. The van der Waals surface area contributed by atoms with Crippen molar-refractivity contribution in [3.63, 3.8) is 0 Å². The molecule has 0 aromatic carbocycles. The maximum absolute atomic E-state index is 10.3. The predicted octanol–water partition coefficient (Wildman–Crippen LogP) is -3.06. The van der Waals surface area contributed by atoms with E-state index in [4.69, 9.17) is 20.4 Å². The van der Waals surface area contributed by atoms with E-state index in [1.165, 1.54) is 0 Å². The van der Waals surface area contributed by atoms with E-state index < -0.39 is 30.8 Å². The van der Waals surface area contributed by atoms with Gasteiger partial charge < -0.3 is 26.2 Å². The summed E-state index contributed by atoms with van der Waals surface area (Å²) < 4.78 is 0. The second kappa shape index (κ2) is 5.04. The van der Waals surface area contributed by atoms with Crippen LogP contribution in [0.1, 0.15) is 6.42 Å². The van der Waals surface area contributed by atoms with Crippen molar-refractivity contribution < 1.29 is 25.2 Å². The number of amides is 1. The van der Waals surface area contributed by atoms with Gasteiger partial charge in [0.05, 0.1) is 18.8 Å². The van der Waals surface area contributed by atoms with E-state index in [-0.39, 0.29) is 6.42 Å². The Morgan fingerprint density at radius 2 is 1.83 bits per heavy atom. The number of carbonyl (C=O) groups excluding carboxylic acids is 1. The number of nitrogens with two attached hydrogens (primary N) is 1. The van der Waals surface area contributed by atoms with Gasteiger partial charge in [-0.25, -0.2) is 0 Å². The van der Waals surface area contributed by atoms with E-state index >= 15 is 0 Å². The fraction of sp³-hybridized carbons (Fsp3) is 0.833. The van der Waals surface area contributed by atoms with Crippen molar-refractivity contribution in [2.75, 3.05) is 6.61 Å². The van der Waals surface area contributed by atoms with Crippen LogP contribution in [0.25, 0.3) is 0 Å². The first-order valence-electron chi connectivity index (χ1n) is 3.43. The molecule has 6 N–H and O–H groups in total. The van der Waals surface area contributed by atoms with Gasteiger partial charge in [0.2, 0.25) is 5.91 Å². The van der Waals surface area contributed by atoms with Gasteiger partial charge in [-0.05, 0) is 0 Å². The molecule has 0 aromatic rings. The van der Waals surface area contributed by atoms with Crippen LogP contribution in [0, 0.1) is 0 Å². The molecule has 0 heterocycles. The Hall–Kier alpha value is -0.690. The highest BCUT2D eigenvalue weighted by Crippen LogP contribution is 2.02. The van der Waals surface area contributed by atoms with Crippen LogP contribution >= 0.6 is 0 Å². The highest BCUT2D eigenvalue weighted by Gasteiger charge is 2.23. The van der Waals surface area contributed by atoms with Crippen molar-refractivity contribution in [1.29, 1.82) is 0 Å². The van der Waals surface area contributed by atoms with Gasteiger partial charge in [0.1, 0.15) is 0 Å². The molecular weight excluding hydrogens is 166 g/mol. The van der Waals surface area contributed by atoms with E-state index in [2.05, 4.69) is 5.73 Å². The molecule has 6 heteroatoms. The Bertz CT molecular complexity index is 151. The second-order valence-corrected chi connectivity index (χ2v) is 2.49. The molecule has 72 valence electrons. The van der Waals surface area contributed by atoms with Gasteiger partial charge in [0.25, 0.3) is 0 Å². The Balaban J connectivity index is 3.86. The van der Waals surface area contributed by atoms with E-state index in [1.807, 2.05) is 0 Å². The molecule has 0 saturated carbocycles. The molecule has 12 heavy (non-hydrogen) atoms. The van der Waals surface area contributed by atoms with E-state index in [1.54, 1.807) is 0 Å². The van der Waals surface area contributed by atoms with Crippen LogP contribution in [0.2, 0.25) is 0 Å². The summed E-state index contributed by atoms with van der Waals surface area (Å²) in [5, 5.41) is 34.9. The first kappa shape index (κ1) is 11.3. The van der Waals surface area contributed by atoms with Crippen molar-refractivity contribution in [3.8, 4) is 0 Å². The van der Waals surface area contributed by atoms with Gasteiger partial charge in [0, 0.05) is 6.42 Å². The van der Waals surface area contributed by atoms with Crippen molar-refractivity contribution in [2.24, 2.45) is 5.73 Å². The Morgan fingerprint density at radius 3 is 2.17 bits per heavy atom. The van der Waals surface area contributed by atoms with E-state index in [0.717, 1.165) is 0 Å². The number of hydrogen-bond donors (Lipinski definition) is 5. The molecule has 0 bridgehead atoms. The molecule has 0 fully saturated rings. The fourth-order valence-corrected chi connectivity index (χ4v) is 0.672. The zero-order valence-electron chi connectivity index (χ0n) is 6.42. The van der Waals surface area contributed by atoms with Crippen molar-refractivity contribution in [2.45, 2.75) is 24.7 Å². The van der Waals surface area contributed by atoms with Gasteiger partial charge in [-0.15, -0.1) is 0 Å². The topological polar surface area (TPSA) is 124 Å². The molecule has 0 radical (unpaired) electrons. The summed E-state index contributed by atoms with van der Waals surface area (Å²) >= 11 is 0. The zero-order valence-corrected chi connectivity index (χ0v) is 6.42. The molecule has 0 aliphatic carbocycles. The Labute approximate surface area is 69.2 Å². The van der Waals surface area contributed by atoms with E-state index in [9.17, 15) is 4.79 Å². The monoisotopic (exact) mass is 179 g/mol. The number of carbonyl (C=O) groups is 1. The summed E-state index contributed by atoms with van der Waals surface area (Å²) in [4.78, 5) is 10.3. The molecule has 0 aromatic heterocycles. The standard InChI is InChI=1S/C6H13NO5/c7-6(12)5(11)4(10)1-3(9)2-8/h3-5,8-11H,1-2H2,(H2,7,12)/t3-,4-,5+/m0/s1. The molecule has 1 amide bonds. The lowest BCUT2D eigenvalue weighted by Gasteiger charge is -2.16. The fourth-order valence-electron chi connectivity index (χ4n) is 0.672. The minimum absolute atomic E-state index is 0.291. The molecule has 6 nitrogen and oxygen atoms in total. The number of aliphatic hydroxyl groups excluding tert-OH is 4. The van der Waals surface area contributed by atoms with Crippen LogP contribution in [-0.2, 0) is 4.79 Å². The summed E-state index contributed by atoms with van der Waals surface area (Å²) in [6, 6.07) is 0. The van der Waals surface area contributed by atoms with Crippen LogP contribution in [0.4, 0.5) is 0 Å². The average Bonchev–Trinajstić information content (AvgIpc) is 2.02. The zero-order chi connectivity index (χ0) is 9.72. The quantitative estimate of drug-likeness (QED) is 0.306. The summed E-state index contributed by atoms with van der Waals surface area (Å²) in [7, 11) is 0. The lowest BCUT2D eigenvalue weighted by atomic mass is 10.1. The molecule has 0 spiro atoms. The normalized spacial score (nSPS) is 18.3. The third-order valence-corrected chi connectivity index (χ3v) is 1.38. The first-order valence-corrected chi connectivity index (χ1v) is 3.43. The van der Waals surface area contributed by atoms with Gasteiger partial charge in [-0.1, -0.05) is 0 Å². The summed E-state index contributed by atoms with van der Waals surface area (Å²) in [6.45, 7) is -0.539. The van der Waals surface area contributed by atoms with Crippen LogP contribution in [0.15, 0.2) is 0 Å². The van der Waals surface area contributed by atoms with Gasteiger partial charge in [-0.3, -0.25) is 4.79 Å². The maximum atomic E-state index is 10.3. The Kier molecular flexibility index (Phi) is 4.75. The predicted molar refractivity (Wildman–Crippen MR) is 38.9 cm³/mol. The molecule has 3 atom stereocenters. The highest BCUT2D eigenvalue weighted by atomic mass is 16.3.